The lowest BCUT2D eigenvalue weighted by atomic mass is 10.1. The van der Waals surface area contributed by atoms with Gasteiger partial charge in [0.2, 0.25) is 5.95 Å². The lowest BCUT2D eigenvalue weighted by molar-refractivity contribution is 1.08. The molecular weight excluding hydrogens is 260 g/mol. The number of nitrogens with one attached hydrogen (secondary N) is 1. The molecule has 0 fully saturated rings. The molecule has 0 amide bonds. The fourth-order valence-electron chi connectivity index (χ4n) is 1.72. The van der Waals surface area contributed by atoms with Gasteiger partial charge in [-0.3, -0.25) is 0 Å². The Balaban J connectivity index is 1.71. The second-order valence-corrected chi connectivity index (χ2v) is 4.31. The third kappa shape index (κ3) is 3.64. The zero-order valence-corrected chi connectivity index (χ0v) is 11.2. The highest BCUT2D eigenvalue weighted by Crippen LogP contribution is 2.04. The van der Waals surface area contributed by atoms with Gasteiger partial charge in [-0.2, -0.15) is 10.1 Å². The van der Waals surface area contributed by atoms with Gasteiger partial charge in [-0.05, 0) is 29.8 Å². The summed E-state index contributed by atoms with van der Waals surface area (Å²) in [6.07, 6.45) is 3.16. The molecule has 0 aliphatic rings. The standard InChI is InChI=1S/C17H12N4/c1-2-4-14(5-3-1)6-7-15-8-10-16(11-9-15)12-18-17-19-13-20-21-17/h1-5,8-13H,(H,19,20,21)/b18-12+. The average Bonchev–Trinajstić information content (AvgIpc) is 3.06. The van der Waals surface area contributed by atoms with Crippen molar-refractivity contribution in [1.82, 2.24) is 15.2 Å². The molecule has 2 aromatic carbocycles. The van der Waals surface area contributed by atoms with Crippen molar-refractivity contribution in [2.24, 2.45) is 4.99 Å². The van der Waals surface area contributed by atoms with Crippen LogP contribution in [0.4, 0.5) is 5.95 Å². The van der Waals surface area contributed by atoms with Crippen molar-refractivity contribution in [3.8, 4) is 11.8 Å². The van der Waals surface area contributed by atoms with Crippen molar-refractivity contribution >= 4 is 12.2 Å². The van der Waals surface area contributed by atoms with Crippen LogP contribution in [0.5, 0.6) is 0 Å². The van der Waals surface area contributed by atoms with Crippen LogP contribution >= 0.6 is 0 Å². The fraction of sp³-hybridized carbons (Fsp3) is 0. The van der Waals surface area contributed by atoms with Gasteiger partial charge < -0.3 is 0 Å². The topological polar surface area (TPSA) is 53.9 Å². The van der Waals surface area contributed by atoms with Crippen LogP contribution in [0.15, 0.2) is 65.9 Å². The molecule has 0 radical (unpaired) electrons. The van der Waals surface area contributed by atoms with Crippen LogP contribution in [0.2, 0.25) is 0 Å². The van der Waals surface area contributed by atoms with Crippen molar-refractivity contribution in [3.63, 3.8) is 0 Å². The minimum atomic E-state index is 0.489. The molecule has 4 nitrogen and oxygen atoms in total. The summed E-state index contributed by atoms with van der Waals surface area (Å²) >= 11 is 0. The van der Waals surface area contributed by atoms with E-state index < -0.39 is 0 Å². The Morgan fingerprint density at radius 2 is 1.62 bits per heavy atom. The van der Waals surface area contributed by atoms with Crippen LogP contribution in [0, 0.1) is 11.8 Å². The first-order chi connectivity index (χ1) is 10.4. The van der Waals surface area contributed by atoms with Crippen LogP contribution in [0.3, 0.4) is 0 Å². The summed E-state index contributed by atoms with van der Waals surface area (Å²) in [5, 5.41) is 6.41. The Hall–Kier alpha value is -3.19. The fourth-order valence-corrected chi connectivity index (χ4v) is 1.72. The van der Waals surface area contributed by atoms with E-state index in [0.717, 1.165) is 16.7 Å². The Labute approximate surface area is 122 Å². The number of nitrogens with zero attached hydrogens (tertiary/aromatic N) is 3. The SMILES string of the molecule is C(#Cc1ccc(/C=N/c2ncn[nH]2)cc1)c1ccccc1. The van der Waals surface area contributed by atoms with Crippen LogP contribution in [0.25, 0.3) is 0 Å². The summed E-state index contributed by atoms with van der Waals surface area (Å²) in [6, 6.07) is 17.8. The average molecular weight is 272 g/mol. The molecule has 0 saturated heterocycles. The first kappa shape index (κ1) is 12.8. The lowest BCUT2D eigenvalue weighted by Gasteiger charge is -1.93. The van der Waals surface area contributed by atoms with Crippen LogP contribution in [-0.2, 0) is 0 Å². The normalized spacial score (nSPS) is 10.3. The van der Waals surface area contributed by atoms with Gasteiger partial charge in [0, 0.05) is 17.3 Å². The van der Waals surface area contributed by atoms with Crippen molar-refractivity contribution in [1.29, 1.82) is 0 Å². The van der Waals surface area contributed by atoms with Crippen LogP contribution in [0.1, 0.15) is 16.7 Å². The summed E-state index contributed by atoms with van der Waals surface area (Å²) in [5.41, 5.74) is 2.96. The molecule has 0 spiro atoms. The molecule has 3 rings (SSSR count). The van der Waals surface area contributed by atoms with Crippen molar-refractivity contribution in [2.75, 3.05) is 0 Å². The van der Waals surface area contributed by atoms with Crippen molar-refractivity contribution in [3.05, 3.63) is 77.6 Å². The van der Waals surface area contributed by atoms with E-state index in [4.69, 9.17) is 0 Å². The van der Waals surface area contributed by atoms with E-state index in [1.807, 2.05) is 54.6 Å². The van der Waals surface area contributed by atoms with E-state index in [9.17, 15) is 0 Å². The largest absolute Gasteiger partial charge is 0.245 e. The molecule has 0 atom stereocenters. The van der Waals surface area contributed by atoms with Gasteiger partial charge >= 0.3 is 0 Å². The predicted molar refractivity (Wildman–Crippen MR) is 82.5 cm³/mol. The zero-order chi connectivity index (χ0) is 14.3. The number of hydrogen-bond acceptors (Lipinski definition) is 3. The Morgan fingerprint density at radius 3 is 2.29 bits per heavy atom. The Morgan fingerprint density at radius 1 is 0.905 bits per heavy atom. The molecule has 4 heteroatoms. The van der Waals surface area contributed by atoms with Gasteiger partial charge in [0.25, 0.3) is 0 Å². The smallest absolute Gasteiger partial charge is 0.244 e. The maximum atomic E-state index is 4.17. The molecule has 0 aliphatic carbocycles. The molecule has 100 valence electrons. The van der Waals surface area contributed by atoms with Gasteiger partial charge in [0.1, 0.15) is 6.33 Å². The minimum absolute atomic E-state index is 0.489. The summed E-state index contributed by atoms with van der Waals surface area (Å²) in [5.74, 6) is 6.75. The summed E-state index contributed by atoms with van der Waals surface area (Å²) in [7, 11) is 0. The maximum Gasteiger partial charge on any atom is 0.245 e. The van der Waals surface area contributed by atoms with E-state index in [1.54, 1.807) is 6.21 Å². The number of H-pyrrole nitrogens is 1. The van der Waals surface area contributed by atoms with Crippen molar-refractivity contribution < 1.29 is 0 Å². The molecular formula is C17H12N4. The first-order valence-corrected chi connectivity index (χ1v) is 6.47. The molecule has 0 unspecified atom stereocenters. The van der Waals surface area contributed by atoms with Gasteiger partial charge in [-0.1, -0.05) is 42.2 Å². The third-order valence-corrected chi connectivity index (χ3v) is 2.77. The molecule has 0 saturated carbocycles. The van der Waals surface area contributed by atoms with Gasteiger partial charge in [0.15, 0.2) is 0 Å². The van der Waals surface area contributed by atoms with E-state index in [2.05, 4.69) is 32.0 Å². The molecule has 3 aromatic rings. The summed E-state index contributed by atoms with van der Waals surface area (Å²) in [6.45, 7) is 0. The monoisotopic (exact) mass is 272 g/mol. The summed E-state index contributed by atoms with van der Waals surface area (Å²) < 4.78 is 0. The van der Waals surface area contributed by atoms with Crippen molar-refractivity contribution in [2.45, 2.75) is 0 Å². The second-order valence-electron chi connectivity index (χ2n) is 4.31. The minimum Gasteiger partial charge on any atom is -0.244 e. The van der Waals surface area contributed by atoms with E-state index in [1.165, 1.54) is 6.33 Å². The third-order valence-electron chi connectivity index (χ3n) is 2.77. The highest BCUT2D eigenvalue weighted by molar-refractivity contribution is 5.81. The predicted octanol–water partition coefficient (Wildman–Crippen LogP) is 2.96. The molecule has 0 bridgehead atoms. The van der Waals surface area contributed by atoms with Gasteiger partial charge in [0.05, 0.1) is 0 Å². The van der Waals surface area contributed by atoms with Gasteiger partial charge in [-0.25, -0.2) is 10.1 Å². The Kier molecular flexibility index (Phi) is 3.85. The lowest BCUT2D eigenvalue weighted by Crippen LogP contribution is -1.82. The quantitative estimate of drug-likeness (QED) is 0.576. The first-order valence-electron chi connectivity index (χ1n) is 6.47. The zero-order valence-electron chi connectivity index (χ0n) is 11.2. The molecule has 1 N–H and O–H groups in total. The number of aliphatic imine (C=N–C) groups is 1. The molecule has 21 heavy (non-hydrogen) atoms. The maximum absolute atomic E-state index is 4.17. The number of aromatic nitrogens is 3. The van der Waals surface area contributed by atoms with Crippen LogP contribution < -0.4 is 0 Å². The second kappa shape index (κ2) is 6.31. The molecule has 1 heterocycles. The number of rotatable bonds is 2. The number of aromatic amines is 1. The molecule has 1 aromatic heterocycles. The van der Waals surface area contributed by atoms with E-state index in [-0.39, 0.29) is 0 Å². The molecule has 0 aliphatic heterocycles. The number of benzene rings is 2. The highest BCUT2D eigenvalue weighted by Gasteiger charge is 1.92. The highest BCUT2D eigenvalue weighted by atomic mass is 15.2. The number of hydrogen-bond donors (Lipinski definition) is 1. The van der Waals surface area contributed by atoms with Crippen LogP contribution in [-0.4, -0.2) is 21.4 Å². The van der Waals surface area contributed by atoms with E-state index >= 15 is 0 Å². The Bertz CT molecular complexity index is 776. The summed E-state index contributed by atoms with van der Waals surface area (Å²) in [4.78, 5) is 8.09. The van der Waals surface area contributed by atoms with Gasteiger partial charge in [-0.15, -0.1) is 0 Å². The van der Waals surface area contributed by atoms with E-state index in [0.29, 0.717) is 5.95 Å².